The summed E-state index contributed by atoms with van der Waals surface area (Å²) in [6, 6.07) is 10.1. The van der Waals surface area contributed by atoms with Crippen LogP contribution in [0.15, 0.2) is 36.4 Å². The molecule has 82 valence electrons. The SMILES string of the molecule is COc1ccc(-c2cccc(F)c2)c(C)n1. The molecular weight excluding hydrogens is 205 g/mol. The standard InChI is InChI=1S/C13H12FNO/c1-9-12(6-7-13(15-9)16-2)10-4-3-5-11(14)8-10/h3-8H,1-2H3. The van der Waals surface area contributed by atoms with Gasteiger partial charge in [-0.2, -0.15) is 0 Å². The van der Waals surface area contributed by atoms with Crippen molar-refractivity contribution in [2.24, 2.45) is 0 Å². The van der Waals surface area contributed by atoms with Crippen LogP contribution in [0.2, 0.25) is 0 Å². The van der Waals surface area contributed by atoms with Crippen LogP contribution in [0.4, 0.5) is 4.39 Å². The van der Waals surface area contributed by atoms with Crippen LogP contribution in [0, 0.1) is 12.7 Å². The second kappa shape index (κ2) is 4.31. The third kappa shape index (κ3) is 2.03. The van der Waals surface area contributed by atoms with E-state index in [9.17, 15) is 4.39 Å². The zero-order valence-electron chi connectivity index (χ0n) is 9.20. The molecule has 3 heteroatoms. The molecule has 2 rings (SSSR count). The van der Waals surface area contributed by atoms with E-state index in [1.165, 1.54) is 12.1 Å². The second-order valence-electron chi connectivity index (χ2n) is 3.50. The fourth-order valence-corrected chi connectivity index (χ4v) is 1.61. The van der Waals surface area contributed by atoms with Gasteiger partial charge in [0, 0.05) is 17.3 Å². The summed E-state index contributed by atoms with van der Waals surface area (Å²) in [5.74, 6) is 0.324. The van der Waals surface area contributed by atoms with Gasteiger partial charge in [0.05, 0.1) is 7.11 Å². The lowest BCUT2D eigenvalue weighted by Crippen LogP contribution is -1.92. The van der Waals surface area contributed by atoms with Crippen LogP contribution in [0.25, 0.3) is 11.1 Å². The van der Waals surface area contributed by atoms with Crippen LogP contribution in [-0.2, 0) is 0 Å². The monoisotopic (exact) mass is 217 g/mol. The van der Waals surface area contributed by atoms with E-state index in [4.69, 9.17) is 4.74 Å². The molecule has 1 aromatic carbocycles. The molecule has 0 aliphatic carbocycles. The van der Waals surface area contributed by atoms with Gasteiger partial charge in [-0.1, -0.05) is 12.1 Å². The van der Waals surface area contributed by atoms with Gasteiger partial charge in [0.25, 0.3) is 0 Å². The Labute approximate surface area is 93.7 Å². The highest BCUT2D eigenvalue weighted by Gasteiger charge is 2.05. The fraction of sp³-hybridized carbons (Fsp3) is 0.154. The molecule has 0 atom stereocenters. The van der Waals surface area contributed by atoms with Crippen LogP contribution < -0.4 is 4.74 Å². The average Bonchev–Trinajstić information content (AvgIpc) is 2.28. The van der Waals surface area contributed by atoms with Crippen LogP contribution in [0.5, 0.6) is 5.88 Å². The first-order valence-electron chi connectivity index (χ1n) is 4.98. The Balaban J connectivity index is 2.48. The third-order valence-electron chi connectivity index (χ3n) is 2.41. The van der Waals surface area contributed by atoms with Gasteiger partial charge in [-0.05, 0) is 30.7 Å². The van der Waals surface area contributed by atoms with Crippen molar-refractivity contribution in [1.29, 1.82) is 0 Å². The minimum absolute atomic E-state index is 0.243. The molecule has 0 unspecified atom stereocenters. The normalized spacial score (nSPS) is 10.2. The molecule has 0 radical (unpaired) electrons. The predicted molar refractivity (Wildman–Crippen MR) is 60.9 cm³/mol. The maximum atomic E-state index is 13.1. The first-order valence-corrected chi connectivity index (χ1v) is 4.98. The van der Waals surface area contributed by atoms with Crippen molar-refractivity contribution < 1.29 is 9.13 Å². The smallest absolute Gasteiger partial charge is 0.213 e. The Morgan fingerprint density at radius 1 is 1.19 bits per heavy atom. The number of aromatic nitrogens is 1. The number of methoxy groups -OCH3 is 1. The largest absolute Gasteiger partial charge is 0.481 e. The lowest BCUT2D eigenvalue weighted by molar-refractivity contribution is 0.397. The molecule has 16 heavy (non-hydrogen) atoms. The van der Waals surface area contributed by atoms with E-state index in [0.29, 0.717) is 5.88 Å². The minimum atomic E-state index is -0.243. The number of nitrogens with zero attached hydrogens (tertiary/aromatic N) is 1. The summed E-state index contributed by atoms with van der Waals surface area (Å²) in [4.78, 5) is 4.25. The molecule has 0 saturated carbocycles. The lowest BCUT2D eigenvalue weighted by Gasteiger charge is -2.07. The van der Waals surface area contributed by atoms with Crippen molar-refractivity contribution >= 4 is 0 Å². The summed E-state index contributed by atoms with van der Waals surface area (Å²) < 4.78 is 18.1. The van der Waals surface area contributed by atoms with E-state index in [0.717, 1.165) is 16.8 Å². The molecule has 1 heterocycles. The summed E-state index contributed by atoms with van der Waals surface area (Å²) in [5.41, 5.74) is 2.57. The first-order chi connectivity index (χ1) is 7.70. The van der Waals surface area contributed by atoms with E-state index < -0.39 is 0 Å². The molecule has 2 nitrogen and oxygen atoms in total. The number of aryl methyl sites for hydroxylation is 1. The summed E-state index contributed by atoms with van der Waals surface area (Å²) in [6.45, 7) is 1.88. The topological polar surface area (TPSA) is 22.1 Å². The zero-order valence-corrected chi connectivity index (χ0v) is 9.20. The van der Waals surface area contributed by atoms with Crippen molar-refractivity contribution in [2.45, 2.75) is 6.92 Å². The van der Waals surface area contributed by atoms with E-state index in [1.807, 2.05) is 19.1 Å². The molecule has 0 aliphatic rings. The molecule has 0 fully saturated rings. The van der Waals surface area contributed by atoms with E-state index in [-0.39, 0.29) is 5.82 Å². The number of pyridine rings is 1. The average molecular weight is 217 g/mol. The van der Waals surface area contributed by atoms with Crippen LogP contribution >= 0.6 is 0 Å². The Morgan fingerprint density at radius 3 is 2.62 bits per heavy atom. The van der Waals surface area contributed by atoms with E-state index in [2.05, 4.69) is 4.98 Å². The predicted octanol–water partition coefficient (Wildman–Crippen LogP) is 3.20. The second-order valence-corrected chi connectivity index (χ2v) is 3.50. The zero-order chi connectivity index (χ0) is 11.5. The summed E-state index contributed by atoms with van der Waals surface area (Å²) in [5, 5.41) is 0. The minimum Gasteiger partial charge on any atom is -0.481 e. The first kappa shape index (κ1) is 10.6. The van der Waals surface area contributed by atoms with Gasteiger partial charge < -0.3 is 4.74 Å². The molecule has 2 aromatic rings. The number of hydrogen-bond donors (Lipinski definition) is 0. The summed E-state index contributed by atoms with van der Waals surface area (Å²) in [6.07, 6.45) is 0. The molecule has 1 aromatic heterocycles. The maximum Gasteiger partial charge on any atom is 0.213 e. The van der Waals surface area contributed by atoms with Crippen LogP contribution in [-0.4, -0.2) is 12.1 Å². The van der Waals surface area contributed by atoms with Crippen molar-refractivity contribution in [3.63, 3.8) is 0 Å². The molecule has 0 spiro atoms. The summed E-state index contributed by atoms with van der Waals surface area (Å²) in [7, 11) is 1.57. The lowest BCUT2D eigenvalue weighted by atomic mass is 10.0. The Morgan fingerprint density at radius 2 is 2.00 bits per heavy atom. The fourth-order valence-electron chi connectivity index (χ4n) is 1.61. The highest BCUT2D eigenvalue weighted by Crippen LogP contribution is 2.24. The van der Waals surface area contributed by atoms with Gasteiger partial charge in [-0.15, -0.1) is 0 Å². The van der Waals surface area contributed by atoms with Crippen molar-refractivity contribution in [3.8, 4) is 17.0 Å². The molecule has 0 saturated heterocycles. The quantitative estimate of drug-likeness (QED) is 0.770. The number of ether oxygens (including phenoxy) is 1. The van der Waals surface area contributed by atoms with E-state index >= 15 is 0 Å². The number of benzene rings is 1. The van der Waals surface area contributed by atoms with Gasteiger partial charge in [0.15, 0.2) is 0 Å². The van der Waals surface area contributed by atoms with Gasteiger partial charge in [-0.3, -0.25) is 0 Å². The number of rotatable bonds is 2. The molecular formula is C13H12FNO. The molecule has 0 N–H and O–H groups in total. The van der Waals surface area contributed by atoms with Crippen LogP contribution in [0.3, 0.4) is 0 Å². The highest BCUT2D eigenvalue weighted by molar-refractivity contribution is 5.66. The van der Waals surface area contributed by atoms with E-state index in [1.54, 1.807) is 19.2 Å². The van der Waals surface area contributed by atoms with Gasteiger partial charge >= 0.3 is 0 Å². The Hall–Kier alpha value is -1.90. The highest BCUT2D eigenvalue weighted by atomic mass is 19.1. The Kier molecular flexibility index (Phi) is 2.86. The Bertz CT molecular complexity index is 511. The van der Waals surface area contributed by atoms with Gasteiger partial charge in [0.2, 0.25) is 5.88 Å². The molecule has 0 bridgehead atoms. The number of halogens is 1. The third-order valence-corrected chi connectivity index (χ3v) is 2.41. The maximum absolute atomic E-state index is 13.1. The van der Waals surface area contributed by atoms with Crippen molar-refractivity contribution in [1.82, 2.24) is 4.98 Å². The molecule has 0 amide bonds. The van der Waals surface area contributed by atoms with Gasteiger partial charge in [0.1, 0.15) is 5.82 Å². The molecule has 0 aliphatic heterocycles. The number of hydrogen-bond acceptors (Lipinski definition) is 2. The van der Waals surface area contributed by atoms with Gasteiger partial charge in [-0.25, -0.2) is 9.37 Å². The summed E-state index contributed by atoms with van der Waals surface area (Å²) >= 11 is 0. The van der Waals surface area contributed by atoms with Crippen molar-refractivity contribution in [3.05, 3.63) is 47.9 Å². The van der Waals surface area contributed by atoms with Crippen molar-refractivity contribution in [2.75, 3.05) is 7.11 Å². The van der Waals surface area contributed by atoms with Crippen LogP contribution in [0.1, 0.15) is 5.69 Å².